The number of ether oxygens (including phenoxy) is 2. The average Bonchev–Trinajstić information content (AvgIpc) is 3.29. The van der Waals surface area contributed by atoms with Gasteiger partial charge in [-0.2, -0.15) is 0 Å². The molecule has 0 unspecified atom stereocenters. The summed E-state index contributed by atoms with van der Waals surface area (Å²) in [4.78, 5) is 49.7. The third-order valence-electron chi connectivity index (χ3n) is 6.92. The van der Waals surface area contributed by atoms with Crippen LogP contribution in [0, 0.1) is 32.3 Å². The molecule has 0 aliphatic heterocycles. The summed E-state index contributed by atoms with van der Waals surface area (Å²) in [5.74, 6) is -0.513. The Hall–Kier alpha value is -2.93. The Balaban J connectivity index is 0. The van der Waals surface area contributed by atoms with Crippen molar-refractivity contribution in [2.75, 3.05) is 14.2 Å². The van der Waals surface area contributed by atoms with Gasteiger partial charge in [-0.15, -0.1) is 0 Å². The molecule has 21 heteroatoms. The number of alkyl halides is 1. The summed E-state index contributed by atoms with van der Waals surface area (Å²) in [5.41, 5.74) is 7.82. The third kappa shape index (κ3) is 30.8. The van der Waals surface area contributed by atoms with E-state index in [1.807, 2.05) is 93.0 Å². The van der Waals surface area contributed by atoms with E-state index in [1.54, 1.807) is 30.9 Å². The normalized spacial score (nSPS) is 8.86. The Morgan fingerprint density at radius 2 is 1.10 bits per heavy atom. The molecule has 0 aliphatic rings. The van der Waals surface area contributed by atoms with Crippen LogP contribution in [0.15, 0.2) is 133 Å². The number of carbonyl (C=O) groups excluding carboxylic acids is 2. The van der Waals surface area contributed by atoms with Crippen molar-refractivity contribution in [2.24, 2.45) is 4.30 Å². The minimum absolute atomic E-state index is 0. The minimum Gasteiger partial charge on any atom is -0.512 e. The molecule has 0 saturated carbocycles. The van der Waals surface area contributed by atoms with Crippen LogP contribution in [-0.2, 0) is 43.8 Å². The van der Waals surface area contributed by atoms with Crippen LogP contribution in [0.4, 0.5) is 0 Å². The van der Waals surface area contributed by atoms with Crippen molar-refractivity contribution in [1.29, 1.82) is 5.26 Å². The molecule has 0 bridgehead atoms. The van der Waals surface area contributed by atoms with Crippen LogP contribution in [0.5, 0.6) is 0 Å². The van der Waals surface area contributed by atoms with Gasteiger partial charge in [-0.3, -0.25) is 19.6 Å². The molecule has 321 valence electrons. The number of hydrogen-bond acceptors (Lipinski definition) is 13. The smallest absolute Gasteiger partial charge is 0.512 e. The number of rotatable bonds is 7. The van der Waals surface area contributed by atoms with E-state index in [0.717, 1.165) is 57.4 Å². The van der Waals surface area contributed by atoms with Crippen LogP contribution < -0.4 is 51.4 Å². The number of esters is 2. The van der Waals surface area contributed by atoms with E-state index in [2.05, 4.69) is 149 Å². The minimum atomic E-state index is -0.262. The zero-order valence-electron chi connectivity index (χ0n) is 34.8. The van der Waals surface area contributed by atoms with E-state index >= 15 is 0 Å². The monoisotopic (exact) mass is 1210 g/mol. The second-order valence-electron chi connectivity index (χ2n) is 11.4. The van der Waals surface area contributed by atoms with Crippen LogP contribution in [0.25, 0.3) is 16.1 Å². The summed E-state index contributed by atoms with van der Waals surface area (Å²) in [6.07, 6.45) is 11.0. The number of aromatic nitrogens is 6. The maximum absolute atomic E-state index is 11.1. The van der Waals surface area contributed by atoms with Crippen molar-refractivity contribution in [3.05, 3.63) is 180 Å². The topological polar surface area (TPSA) is 170 Å². The van der Waals surface area contributed by atoms with Gasteiger partial charge in [0.15, 0.2) is 0 Å². The number of pyridine rings is 6. The van der Waals surface area contributed by atoms with Crippen molar-refractivity contribution >= 4 is 112 Å². The number of thiol groups is 1. The molecule has 13 nitrogen and oxygen atoms in total. The van der Waals surface area contributed by atoms with E-state index in [-0.39, 0.29) is 76.2 Å². The van der Waals surface area contributed by atoms with E-state index in [4.69, 9.17) is 18.4 Å². The van der Waals surface area contributed by atoms with E-state index in [0.29, 0.717) is 6.54 Å². The van der Waals surface area contributed by atoms with Crippen LogP contribution in [0.2, 0.25) is 0 Å². The molecule has 0 saturated heterocycles. The molecule has 0 N–H and O–H groups in total. The molecular formula is C42H39BBr5KN9O4S. The Kier molecular flexibility index (Phi) is 38.9. The predicted octanol–water partition coefficient (Wildman–Crippen LogP) is 8.17. The first-order valence-corrected chi connectivity index (χ1v) is 22.0. The van der Waals surface area contributed by atoms with Gasteiger partial charge in [0.1, 0.15) is 18.4 Å². The van der Waals surface area contributed by atoms with Gasteiger partial charge >= 0.3 is 88.1 Å². The molecule has 63 heavy (non-hydrogen) atoms. The van der Waals surface area contributed by atoms with Crippen LogP contribution >= 0.6 is 92.5 Å². The summed E-state index contributed by atoms with van der Waals surface area (Å²) in [6.45, 7) is 15.7. The number of nitrogens with zero attached hydrogens (tertiary/aromatic N) is 9. The van der Waals surface area contributed by atoms with Gasteiger partial charge < -0.3 is 26.2 Å². The molecule has 1 radical (unpaired) electrons. The molecule has 0 amide bonds. The first-order chi connectivity index (χ1) is 29.8. The first-order valence-electron chi connectivity index (χ1n) is 17.3. The Bertz CT molecular complexity index is 2230. The van der Waals surface area contributed by atoms with E-state index in [1.165, 1.54) is 25.3 Å². The van der Waals surface area contributed by atoms with Crippen LogP contribution in [-0.4, -0.2) is 63.7 Å². The summed E-state index contributed by atoms with van der Waals surface area (Å²) < 4.78 is 15.2. The second kappa shape index (κ2) is 39.4. The van der Waals surface area contributed by atoms with Gasteiger partial charge in [-0.1, -0.05) is 40.2 Å². The number of carbonyl (C=O) groups is 2. The van der Waals surface area contributed by atoms with Gasteiger partial charge in [0.25, 0.3) is 0 Å². The zero-order valence-corrected chi connectivity index (χ0v) is 46.7. The third-order valence-corrected chi connectivity index (χ3v) is 9.44. The van der Waals surface area contributed by atoms with Gasteiger partial charge in [0, 0.05) is 59.3 Å². The number of methoxy groups -OCH3 is 2. The van der Waals surface area contributed by atoms with Gasteiger partial charge in [0.05, 0.1) is 32.8 Å². The molecule has 6 aromatic rings. The number of aryl methyl sites for hydroxylation is 2. The van der Waals surface area contributed by atoms with Gasteiger partial charge in [-0.05, 0) is 148 Å². The fourth-order valence-electron chi connectivity index (χ4n) is 3.96. The molecule has 0 aliphatic carbocycles. The molecule has 0 fully saturated rings. The van der Waals surface area contributed by atoms with Crippen LogP contribution in [0.1, 0.15) is 33.5 Å². The maximum atomic E-state index is 11.1. The average molecular weight is 1220 g/mol. The molecule has 6 aromatic heterocycles. The zero-order chi connectivity index (χ0) is 46.7. The summed E-state index contributed by atoms with van der Waals surface area (Å²) >= 11 is 19.4. The maximum Gasteiger partial charge on any atom is 1.00 e. The standard InChI is InChI=1S/C14H14N2O2.C8H8BrNO2.C7H5BrN2.C6H5Br2N.C6H6BrN.CN.BHNS.K/c1-10-12(4-3-7-15-10)13-6-5-11(9-16-13)8-14(17)18-2;1-12-8(11)4-6-2-3-7(9)10-5-6;1-9-4-6-2-3-7(8)10-5-6;7-3-5-1-2-6(8)9-4-5;1-5-2-3-6(7)8-4-5;1-2;1-2-3;/h3-7,9H,8H2,1-2H3;2-3,5H,4H2,1H3;2-3,5H,4H2;1-2,4H,3H2;2-4H,1H3;;3H;/q;;;;;-1;;+1. The summed E-state index contributed by atoms with van der Waals surface area (Å²) in [7, 11) is 7.08. The summed E-state index contributed by atoms with van der Waals surface area (Å²) in [6, 6.07) is 22.8. The SMILES string of the molecule is BrCc1ccc(Br)nc1.COC(=O)Cc1ccc(-c2cccnc2C)nc1.COC(=O)Cc1ccc(Br)nc1.Cc1ccc(Br)nc1.[B]=NS.[C-]#N.[C-]#[N+]Cc1ccc(Br)nc1.[K+]. The summed E-state index contributed by atoms with van der Waals surface area (Å²) in [5, 5.41) is 7.12. The first kappa shape index (κ1) is 62.2. The van der Waals surface area contributed by atoms with Crippen molar-refractivity contribution in [2.45, 2.75) is 38.6 Å². The Morgan fingerprint density at radius 3 is 1.43 bits per heavy atom. The van der Waals surface area contributed by atoms with E-state index in [9.17, 15) is 9.59 Å². The molecule has 0 spiro atoms. The second-order valence-corrected chi connectivity index (χ2v) is 15.4. The fourth-order valence-corrected chi connectivity index (χ4v) is 5.23. The Morgan fingerprint density at radius 1 is 0.683 bits per heavy atom. The van der Waals surface area contributed by atoms with Gasteiger partial charge in [0.2, 0.25) is 6.54 Å². The quantitative estimate of drug-likeness (QED) is 0.0409. The fraction of sp³-hybridized carbons (Fsp3) is 0.190. The molecule has 0 aromatic carbocycles. The Labute approximate surface area is 460 Å². The molecular weight excluding hydrogens is 1180 g/mol. The molecule has 0 atom stereocenters. The van der Waals surface area contributed by atoms with Crippen LogP contribution in [0.3, 0.4) is 0 Å². The molecule has 6 rings (SSSR count). The van der Waals surface area contributed by atoms with Crippen molar-refractivity contribution in [1.82, 2.24) is 29.9 Å². The van der Waals surface area contributed by atoms with Gasteiger partial charge in [-0.25, -0.2) is 26.5 Å². The number of hydrogen-bond donors (Lipinski definition) is 1. The number of halogens is 5. The van der Waals surface area contributed by atoms with Crippen molar-refractivity contribution in [3.8, 4) is 11.3 Å². The van der Waals surface area contributed by atoms with Crippen molar-refractivity contribution < 1.29 is 70.4 Å². The largest absolute Gasteiger partial charge is 1.00 e. The van der Waals surface area contributed by atoms with Crippen molar-refractivity contribution in [3.63, 3.8) is 0 Å². The molecule has 6 heterocycles. The van der Waals surface area contributed by atoms with E-state index < -0.39 is 0 Å². The predicted molar refractivity (Wildman–Crippen MR) is 261 cm³/mol.